The molecular weight excluding hydrogens is 174 g/mol. The van der Waals surface area contributed by atoms with Crippen LogP contribution in [-0.2, 0) is 0 Å². The summed E-state index contributed by atoms with van der Waals surface area (Å²) in [5.74, 6) is 0. The van der Waals surface area contributed by atoms with Crippen LogP contribution in [0.5, 0.6) is 0 Å². The Hall–Kier alpha value is -0.120. The first-order valence-electron chi connectivity index (χ1n) is 5.70. The second kappa shape index (κ2) is 5.69. The van der Waals surface area contributed by atoms with Crippen LogP contribution in [-0.4, -0.2) is 62.7 Å². The third-order valence-corrected chi connectivity index (χ3v) is 3.43. The number of nitrogens with zero attached hydrogens (tertiary/aromatic N) is 2. The Morgan fingerprint density at radius 2 is 2.21 bits per heavy atom. The van der Waals surface area contributed by atoms with Crippen LogP contribution in [0.2, 0.25) is 0 Å². The lowest BCUT2D eigenvalue weighted by atomic mass is 10.1. The highest BCUT2D eigenvalue weighted by Crippen LogP contribution is 2.18. The molecule has 1 rings (SSSR count). The van der Waals surface area contributed by atoms with Crippen molar-refractivity contribution >= 4 is 0 Å². The SMILES string of the molecule is CNCCCN(C)C1CC(C)N(C)C1. The van der Waals surface area contributed by atoms with Gasteiger partial charge in [0.05, 0.1) is 0 Å². The van der Waals surface area contributed by atoms with Crippen LogP contribution in [0.15, 0.2) is 0 Å². The summed E-state index contributed by atoms with van der Waals surface area (Å²) in [6, 6.07) is 1.53. The second-order valence-electron chi connectivity index (χ2n) is 4.62. The van der Waals surface area contributed by atoms with Crippen molar-refractivity contribution < 1.29 is 0 Å². The predicted octanol–water partition coefficient (Wildman–Crippen LogP) is 0.620. The molecule has 2 unspecified atom stereocenters. The van der Waals surface area contributed by atoms with Crippen molar-refractivity contribution in [1.29, 1.82) is 0 Å². The molecule has 0 amide bonds. The van der Waals surface area contributed by atoms with Crippen LogP contribution in [0.4, 0.5) is 0 Å². The molecule has 3 nitrogen and oxygen atoms in total. The highest BCUT2D eigenvalue weighted by atomic mass is 15.2. The van der Waals surface area contributed by atoms with E-state index in [2.05, 4.69) is 36.1 Å². The standard InChI is InChI=1S/C11H25N3/c1-10-8-11(9-14(10)4)13(3)7-5-6-12-2/h10-12H,5-9H2,1-4H3. The summed E-state index contributed by atoms with van der Waals surface area (Å²) in [5, 5.41) is 3.19. The Morgan fingerprint density at radius 1 is 1.50 bits per heavy atom. The quantitative estimate of drug-likeness (QED) is 0.655. The minimum atomic E-state index is 0.756. The Morgan fingerprint density at radius 3 is 2.71 bits per heavy atom. The summed E-state index contributed by atoms with van der Waals surface area (Å²) in [5.41, 5.74) is 0. The molecule has 1 N–H and O–H groups in total. The van der Waals surface area contributed by atoms with E-state index < -0.39 is 0 Å². The maximum Gasteiger partial charge on any atom is 0.0234 e. The van der Waals surface area contributed by atoms with E-state index in [1.807, 2.05) is 7.05 Å². The number of likely N-dealkylation sites (tertiary alicyclic amines) is 1. The minimum Gasteiger partial charge on any atom is -0.320 e. The van der Waals surface area contributed by atoms with Gasteiger partial charge in [0.2, 0.25) is 0 Å². The van der Waals surface area contributed by atoms with Crippen LogP contribution in [0, 0.1) is 0 Å². The third-order valence-electron chi connectivity index (χ3n) is 3.43. The Bertz CT molecular complexity index is 151. The number of hydrogen-bond acceptors (Lipinski definition) is 3. The van der Waals surface area contributed by atoms with Gasteiger partial charge in [-0.25, -0.2) is 0 Å². The highest BCUT2D eigenvalue weighted by molar-refractivity contribution is 4.85. The number of nitrogens with one attached hydrogen (secondary N) is 1. The lowest BCUT2D eigenvalue weighted by Gasteiger charge is -2.23. The van der Waals surface area contributed by atoms with E-state index in [9.17, 15) is 0 Å². The van der Waals surface area contributed by atoms with E-state index in [1.54, 1.807) is 0 Å². The van der Waals surface area contributed by atoms with Gasteiger partial charge < -0.3 is 15.1 Å². The zero-order chi connectivity index (χ0) is 10.6. The van der Waals surface area contributed by atoms with E-state index in [1.165, 1.54) is 25.9 Å². The van der Waals surface area contributed by atoms with Crippen molar-refractivity contribution in [2.45, 2.75) is 31.8 Å². The zero-order valence-corrected chi connectivity index (χ0v) is 10.1. The Labute approximate surface area is 88.5 Å². The summed E-state index contributed by atoms with van der Waals surface area (Å²) in [6.07, 6.45) is 2.58. The van der Waals surface area contributed by atoms with Crippen molar-refractivity contribution in [1.82, 2.24) is 15.1 Å². The molecule has 0 aromatic carbocycles. The van der Waals surface area contributed by atoms with Crippen molar-refractivity contribution in [3.8, 4) is 0 Å². The van der Waals surface area contributed by atoms with Gasteiger partial charge in [-0.2, -0.15) is 0 Å². The highest BCUT2D eigenvalue weighted by Gasteiger charge is 2.28. The van der Waals surface area contributed by atoms with Crippen molar-refractivity contribution in [2.24, 2.45) is 0 Å². The van der Waals surface area contributed by atoms with Crippen LogP contribution < -0.4 is 5.32 Å². The fourth-order valence-corrected chi connectivity index (χ4v) is 2.17. The average molecular weight is 199 g/mol. The van der Waals surface area contributed by atoms with Gasteiger partial charge in [-0.3, -0.25) is 0 Å². The van der Waals surface area contributed by atoms with Crippen molar-refractivity contribution in [2.75, 3.05) is 40.8 Å². The van der Waals surface area contributed by atoms with Gasteiger partial charge in [-0.15, -0.1) is 0 Å². The number of rotatable bonds is 5. The topological polar surface area (TPSA) is 18.5 Å². The van der Waals surface area contributed by atoms with Gasteiger partial charge in [0.25, 0.3) is 0 Å². The van der Waals surface area contributed by atoms with Gasteiger partial charge in [0.15, 0.2) is 0 Å². The van der Waals surface area contributed by atoms with E-state index in [-0.39, 0.29) is 0 Å². The largest absolute Gasteiger partial charge is 0.320 e. The molecule has 0 aromatic heterocycles. The van der Waals surface area contributed by atoms with Gasteiger partial charge in [0, 0.05) is 18.6 Å². The molecule has 0 spiro atoms. The molecule has 1 fully saturated rings. The minimum absolute atomic E-state index is 0.756. The van der Waals surface area contributed by atoms with Crippen LogP contribution in [0.3, 0.4) is 0 Å². The molecule has 1 aliphatic rings. The van der Waals surface area contributed by atoms with Crippen molar-refractivity contribution in [3.05, 3.63) is 0 Å². The molecule has 0 saturated carbocycles. The first-order chi connectivity index (χ1) is 6.65. The van der Waals surface area contributed by atoms with Crippen LogP contribution in [0.1, 0.15) is 19.8 Å². The smallest absolute Gasteiger partial charge is 0.0234 e. The van der Waals surface area contributed by atoms with E-state index in [0.717, 1.165) is 18.6 Å². The van der Waals surface area contributed by atoms with E-state index >= 15 is 0 Å². The van der Waals surface area contributed by atoms with Gasteiger partial charge in [-0.1, -0.05) is 0 Å². The molecule has 14 heavy (non-hydrogen) atoms. The molecule has 1 heterocycles. The summed E-state index contributed by atoms with van der Waals surface area (Å²) < 4.78 is 0. The van der Waals surface area contributed by atoms with E-state index in [0.29, 0.717) is 0 Å². The third kappa shape index (κ3) is 3.23. The number of likely N-dealkylation sites (N-methyl/N-ethyl adjacent to an activating group) is 2. The predicted molar refractivity (Wildman–Crippen MR) is 61.7 cm³/mol. The number of hydrogen-bond donors (Lipinski definition) is 1. The molecule has 1 aliphatic heterocycles. The summed E-state index contributed by atoms with van der Waals surface area (Å²) >= 11 is 0. The normalized spacial score (nSPS) is 28.9. The molecule has 0 bridgehead atoms. The zero-order valence-electron chi connectivity index (χ0n) is 10.1. The maximum absolute atomic E-state index is 3.19. The molecule has 0 aliphatic carbocycles. The summed E-state index contributed by atoms with van der Waals surface area (Å²) in [4.78, 5) is 4.97. The molecular formula is C11H25N3. The van der Waals surface area contributed by atoms with Gasteiger partial charge in [0.1, 0.15) is 0 Å². The van der Waals surface area contributed by atoms with Gasteiger partial charge in [-0.05, 0) is 54.0 Å². The maximum atomic E-state index is 3.19. The van der Waals surface area contributed by atoms with Crippen LogP contribution >= 0.6 is 0 Å². The van der Waals surface area contributed by atoms with E-state index in [4.69, 9.17) is 0 Å². The fraction of sp³-hybridized carbons (Fsp3) is 1.00. The fourth-order valence-electron chi connectivity index (χ4n) is 2.17. The monoisotopic (exact) mass is 199 g/mol. The summed E-state index contributed by atoms with van der Waals surface area (Å²) in [7, 11) is 6.50. The summed E-state index contributed by atoms with van der Waals surface area (Å²) in [6.45, 7) is 5.90. The van der Waals surface area contributed by atoms with Gasteiger partial charge >= 0.3 is 0 Å². The lowest BCUT2D eigenvalue weighted by molar-refractivity contribution is 0.238. The van der Waals surface area contributed by atoms with Crippen LogP contribution in [0.25, 0.3) is 0 Å². The first-order valence-corrected chi connectivity index (χ1v) is 5.70. The molecule has 0 radical (unpaired) electrons. The first kappa shape index (κ1) is 12.0. The molecule has 3 heteroatoms. The molecule has 84 valence electrons. The molecule has 1 saturated heterocycles. The Kier molecular flexibility index (Phi) is 4.85. The lowest BCUT2D eigenvalue weighted by Crippen LogP contribution is -2.35. The second-order valence-corrected chi connectivity index (χ2v) is 4.62. The average Bonchev–Trinajstić information content (AvgIpc) is 2.47. The Balaban J connectivity index is 2.21. The molecule has 0 aromatic rings. The molecule has 2 atom stereocenters. The van der Waals surface area contributed by atoms with Crippen molar-refractivity contribution in [3.63, 3.8) is 0 Å².